The molecule has 0 heterocycles. The topological polar surface area (TPSA) is 18.5 Å². The van der Waals surface area contributed by atoms with Crippen LogP contribution in [0.25, 0.3) is 0 Å². The van der Waals surface area contributed by atoms with Crippen LogP contribution in [0.4, 0.5) is 8.78 Å². The van der Waals surface area contributed by atoms with Crippen LogP contribution >= 0.6 is 0 Å². The van der Waals surface area contributed by atoms with Crippen molar-refractivity contribution in [2.24, 2.45) is 0 Å². The van der Waals surface area contributed by atoms with Crippen LogP contribution in [0, 0.1) is 18.6 Å². The van der Waals surface area contributed by atoms with Gasteiger partial charge in [-0.2, -0.15) is 0 Å². The van der Waals surface area contributed by atoms with Crippen molar-refractivity contribution in [2.45, 2.75) is 20.1 Å². The van der Waals surface area contributed by atoms with Crippen molar-refractivity contribution < 1.29 is 18.6 Å². The average Bonchev–Trinajstić information content (AvgIpc) is 2.42. The fourth-order valence-electron chi connectivity index (χ4n) is 1.71. The van der Waals surface area contributed by atoms with Gasteiger partial charge >= 0.3 is 0 Å². The van der Waals surface area contributed by atoms with Crippen LogP contribution in [0.1, 0.15) is 16.7 Å². The Hall–Kier alpha value is -1.72. The lowest BCUT2D eigenvalue weighted by molar-refractivity contribution is -0.313. The molecule has 102 valence electrons. The zero-order valence-electron chi connectivity index (χ0n) is 11.0. The smallest absolute Gasteiger partial charge is 0.123 e. The van der Waals surface area contributed by atoms with Gasteiger partial charge < -0.3 is 0 Å². The van der Waals surface area contributed by atoms with E-state index < -0.39 is 5.82 Å². The minimum Gasteiger partial charge on any atom is -0.232 e. The van der Waals surface area contributed by atoms with Gasteiger partial charge in [-0.25, -0.2) is 18.6 Å². The Balaban J connectivity index is 1.87. The van der Waals surface area contributed by atoms with Gasteiger partial charge in [0.25, 0.3) is 0 Å². The van der Waals surface area contributed by atoms with E-state index in [1.54, 1.807) is 6.07 Å². The molecule has 0 saturated heterocycles. The Labute approximate surface area is 117 Å². The minimum atomic E-state index is -0.390. The molecule has 2 aromatic carbocycles. The summed E-state index contributed by atoms with van der Waals surface area (Å²) in [5.74, 6) is -0.720. The second-order valence-corrected chi connectivity index (χ2v) is 4.44. The molecule has 5 heteroatoms. The predicted molar refractivity (Wildman–Crippen MR) is 72.5 cm³/mol. The first-order valence-electron chi connectivity index (χ1n) is 6.09. The molecule has 0 unspecified atom stereocenters. The third kappa shape index (κ3) is 3.89. The third-order valence-corrected chi connectivity index (χ3v) is 2.93. The van der Waals surface area contributed by atoms with Gasteiger partial charge in [-0.1, -0.05) is 17.6 Å². The van der Waals surface area contributed by atoms with Crippen LogP contribution in [0.2, 0.25) is 0 Å². The fraction of sp³-hybridized carbons (Fsp3) is 0.200. The maximum absolute atomic E-state index is 13.1. The van der Waals surface area contributed by atoms with Crippen molar-refractivity contribution in [1.82, 2.24) is 0 Å². The van der Waals surface area contributed by atoms with Gasteiger partial charge in [0.05, 0.1) is 0 Å². The molecule has 0 bridgehead atoms. The van der Waals surface area contributed by atoms with Crippen LogP contribution in [0.15, 0.2) is 36.4 Å². The van der Waals surface area contributed by atoms with Crippen molar-refractivity contribution >= 4 is 13.3 Å². The Morgan fingerprint density at radius 3 is 2.15 bits per heavy atom. The SMILES string of the molecule is [B]c1ccc(F)cc1COOCc1cc(F)ccc1C. The van der Waals surface area contributed by atoms with Gasteiger partial charge in [0, 0.05) is 0 Å². The molecule has 20 heavy (non-hydrogen) atoms. The summed E-state index contributed by atoms with van der Waals surface area (Å²) in [7, 11) is 5.67. The van der Waals surface area contributed by atoms with Gasteiger partial charge in [-0.3, -0.25) is 0 Å². The quantitative estimate of drug-likeness (QED) is 0.361. The number of hydrogen-bond acceptors (Lipinski definition) is 2. The van der Waals surface area contributed by atoms with Crippen LogP contribution in [0.3, 0.4) is 0 Å². The second kappa shape index (κ2) is 6.63. The van der Waals surface area contributed by atoms with Crippen molar-refractivity contribution in [1.29, 1.82) is 0 Å². The number of rotatable bonds is 5. The number of benzene rings is 2. The first-order chi connectivity index (χ1) is 9.56. The lowest BCUT2D eigenvalue weighted by Gasteiger charge is -2.09. The molecule has 0 N–H and O–H groups in total. The molecule has 0 spiro atoms. The number of halogens is 2. The molecule has 0 saturated carbocycles. The van der Waals surface area contributed by atoms with Crippen LogP contribution < -0.4 is 5.46 Å². The lowest BCUT2D eigenvalue weighted by atomic mass is 9.91. The monoisotopic (exact) mass is 274 g/mol. The molecule has 2 rings (SSSR count). The molecular weight excluding hydrogens is 261 g/mol. The molecule has 0 aromatic heterocycles. The van der Waals surface area contributed by atoms with Gasteiger partial charge in [0.15, 0.2) is 0 Å². The van der Waals surface area contributed by atoms with E-state index in [4.69, 9.17) is 17.6 Å². The van der Waals surface area contributed by atoms with Crippen LogP contribution in [0.5, 0.6) is 0 Å². The number of hydrogen-bond donors (Lipinski definition) is 0. The van der Waals surface area contributed by atoms with E-state index in [1.807, 2.05) is 6.92 Å². The number of aryl methyl sites for hydroxylation is 1. The second-order valence-electron chi connectivity index (χ2n) is 4.44. The highest BCUT2D eigenvalue weighted by atomic mass is 19.1. The maximum atomic E-state index is 13.1. The normalized spacial score (nSPS) is 10.8. The molecule has 0 aliphatic heterocycles. The minimum absolute atomic E-state index is 0.0258. The Bertz CT molecular complexity index is 549. The summed E-state index contributed by atoms with van der Waals surface area (Å²) in [4.78, 5) is 9.99. The summed E-state index contributed by atoms with van der Waals surface area (Å²) in [5, 5.41) is 0. The highest BCUT2D eigenvalue weighted by molar-refractivity contribution is 6.33. The predicted octanol–water partition coefficient (Wildman–Crippen LogP) is 2.72. The highest BCUT2D eigenvalue weighted by Crippen LogP contribution is 2.12. The van der Waals surface area contributed by atoms with Crippen molar-refractivity contribution in [3.05, 3.63) is 64.7 Å². The largest absolute Gasteiger partial charge is 0.232 e. The van der Waals surface area contributed by atoms with Crippen LogP contribution in [-0.4, -0.2) is 7.85 Å². The zero-order chi connectivity index (χ0) is 14.5. The summed E-state index contributed by atoms with van der Waals surface area (Å²) < 4.78 is 26.1. The Kier molecular flexibility index (Phi) is 4.87. The standard InChI is InChI=1S/C15H13BF2O2/c1-10-2-3-13(17)6-11(10)8-19-20-9-12-7-14(18)4-5-15(12)16/h2-7H,8-9H2,1H3. The molecule has 0 amide bonds. The maximum Gasteiger partial charge on any atom is 0.123 e. The summed E-state index contributed by atoms with van der Waals surface area (Å²) >= 11 is 0. The van der Waals surface area contributed by atoms with Crippen molar-refractivity contribution in [2.75, 3.05) is 0 Å². The molecule has 0 fully saturated rings. The van der Waals surface area contributed by atoms with Gasteiger partial charge in [-0.15, -0.1) is 0 Å². The van der Waals surface area contributed by atoms with Crippen LogP contribution in [-0.2, 0) is 23.0 Å². The van der Waals surface area contributed by atoms with Gasteiger partial charge in [0.2, 0.25) is 0 Å². The van der Waals surface area contributed by atoms with E-state index in [0.29, 0.717) is 16.6 Å². The lowest BCUT2D eigenvalue weighted by Crippen LogP contribution is -2.12. The van der Waals surface area contributed by atoms with E-state index in [-0.39, 0.29) is 19.0 Å². The molecule has 0 aliphatic carbocycles. The zero-order valence-corrected chi connectivity index (χ0v) is 11.0. The van der Waals surface area contributed by atoms with Gasteiger partial charge in [-0.05, 0) is 47.9 Å². The molecule has 0 aliphatic rings. The van der Waals surface area contributed by atoms with Crippen molar-refractivity contribution in [3.8, 4) is 0 Å². The van der Waals surface area contributed by atoms with E-state index in [9.17, 15) is 8.78 Å². The third-order valence-electron chi connectivity index (χ3n) is 2.93. The molecule has 2 aromatic rings. The fourth-order valence-corrected chi connectivity index (χ4v) is 1.71. The van der Waals surface area contributed by atoms with E-state index in [0.717, 1.165) is 5.56 Å². The first-order valence-corrected chi connectivity index (χ1v) is 6.09. The Morgan fingerprint density at radius 2 is 1.45 bits per heavy atom. The molecule has 2 nitrogen and oxygen atoms in total. The van der Waals surface area contributed by atoms with Crippen molar-refractivity contribution in [3.63, 3.8) is 0 Å². The van der Waals surface area contributed by atoms with E-state index in [2.05, 4.69) is 0 Å². The summed E-state index contributed by atoms with van der Waals surface area (Å²) in [6, 6.07) is 8.45. The van der Waals surface area contributed by atoms with E-state index in [1.165, 1.54) is 30.3 Å². The molecular formula is C15H13BF2O2. The summed E-state index contributed by atoms with van der Waals surface area (Å²) in [6.07, 6.45) is 0. The average molecular weight is 274 g/mol. The molecule has 0 atom stereocenters. The van der Waals surface area contributed by atoms with E-state index >= 15 is 0 Å². The highest BCUT2D eigenvalue weighted by Gasteiger charge is 2.03. The van der Waals surface area contributed by atoms with Gasteiger partial charge in [0.1, 0.15) is 32.7 Å². The first kappa shape index (κ1) is 14.7. The summed E-state index contributed by atoms with van der Waals surface area (Å²) in [6.45, 7) is 1.99. The summed E-state index contributed by atoms with van der Waals surface area (Å²) in [5.41, 5.74) is 2.52. The molecule has 2 radical (unpaired) electrons. The Morgan fingerprint density at radius 1 is 0.900 bits per heavy atom.